The number of hydrogen-bond acceptors (Lipinski definition) is 5. The van der Waals surface area contributed by atoms with Gasteiger partial charge in [-0.3, -0.25) is 19.2 Å². The van der Waals surface area contributed by atoms with E-state index in [1.165, 1.54) is 42.5 Å². The summed E-state index contributed by atoms with van der Waals surface area (Å²) in [6.07, 6.45) is 0.905. The zero-order chi connectivity index (χ0) is 20.2. The third kappa shape index (κ3) is 5.48. The molecule has 144 valence electrons. The van der Waals surface area contributed by atoms with Gasteiger partial charge in [0.2, 0.25) is 15.9 Å². The van der Waals surface area contributed by atoms with Crippen molar-refractivity contribution < 1.29 is 22.5 Å². The molecule has 0 saturated heterocycles. The number of sulfonamides is 1. The molecule has 10 heteroatoms. The molecule has 0 fully saturated rings. The first-order valence-corrected chi connectivity index (χ1v) is 9.70. The normalized spacial score (nSPS) is 12.3. The minimum absolute atomic E-state index is 0.0104. The van der Waals surface area contributed by atoms with Crippen molar-refractivity contribution in [2.45, 2.75) is 13.0 Å². The van der Waals surface area contributed by atoms with Crippen LogP contribution in [0.3, 0.4) is 0 Å². The third-order valence-electron chi connectivity index (χ3n) is 3.76. The predicted octanol–water partition coefficient (Wildman–Crippen LogP) is 2.38. The summed E-state index contributed by atoms with van der Waals surface area (Å²) in [5.41, 5.74) is 0.364. The second-order valence-electron chi connectivity index (χ2n) is 5.89. The molecule has 0 aliphatic rings. The first kappa shape index (κ1) is 20.3. The number of nitro benzene ring substituents is 1. The van der Waals surface area contributed by atoms with Crippen molar-refractivity contribution >= 4 is 27.3 Å². The van der Waals surface area contributed by atoms with E-state index in [9.17, 15) is 27.7 Å². The fourth-order valence-electron chi connectivity index (χ4n) is 2.41. The summed E-state index contributed by atoms with van der Waals surface area (Å²) in [7, 11) is -3.86. The number of rotatable bonds is 7. The Labute approximate surface area is 155 Å². The summed E-state index contributed by atoms with van der Waals surface area (Å²) in [5.74, 6) is -1.02. The second-order valence-corrected chi connectivity index (χ2v) is 7.79. The molecule has 1 atom stereocenters. The van der Waals surface area contributed by atoms with E-state index in [4.69, 9.17) is 0 Å². The highest BCUT2D eigenvalue weighted by atomic mass is 32.2. The van der Waals surface area contributed by atoms with Gasteiger partial charge in [0.25, 0.3) is 5.69 Å². The fourth-order valence-corrected chi connectivity index (χ4v) is 3.26. The highest BCUT2D eigenvalue weighted by Crippen LogP contribution is 2.23. The van der Waals surface area contributed by atoms with Crippen molar-refractivity contribution in [3.8, 4) is 0 Å². The first-order valence-electron chi connectivity index (χ1n) is 7.85. The molecular weight excluding hydrogens is 377 g/mol. The Balaban J connectivity index is 2.19. The molecule has 0 unspecified atom stereocenters. The number of nitro groups is 1. The molecule has 0 spiro atoms. The van der Waals surface area contributed by atoms with E-state index in [0.717, 1.165) is 16.6 Å². The van der Waals surface area contributed by atoms with Crippen molar-refractivity contribution in [3.63, 3.8) is 0 Å². The number of benzene rings is 2. The minimum atomic E-state index is -3.86. The quantitative estimate of drug-likeness (QED) is 0.572. The standard InChI is InChI=1S/C17H18FN3O5S/c1-12(13-6-8-14(18)9-7-13)19-17(22)11-20(27(2,25)26)15-4-3-5-16(10-15)21(23)24/h3-10,12H,11H2,1-2H3,(H,19,22)/t12-/m0/s1. The lowest BCUT2D eigenvalue weighted by molar-refractivity contribution is -0.384. The summed E-state index contributed by atoms with van der Waals surface area (Å²) >= 11 is 0. The molecular formula is C17H18FN3O5S. The number of halogens is 1. The Morgan fingerprint density at radius 1 is 1.26 bits per heavy atom. The third-order valence-corrected chi connectivity index (χ3v) is 4.90. The molecule has 0 aliphatic carbocycles. The van der Waals surface area contributed by atoms with Gasteiger partial charge in [-0.2, -0.15) is 0 Å². The molecule has 2 aromatic rings. The summed E-state index contributed by atoms with van der Waals surface area (Å²) in [6, 6.07) is 10.1. The topological polar surface area (TPSA) is 110 Å². The van der Waals surface area contributed by atoms with Gasteiger partial charge in [0.15, 0.2) is 0 Å². The van der Waals surface area contributed by atoms with Gasteiger partial charge in [0.1, 0.15) is 12.4 Å². The first-order chi connectivity index (χ1) is 12.6. The maximum Gasteiger partial charge on any atom is 0.271 e. The van der Waals surface area contributed by atoms with E-state index in [2.05, 4.69) is 5.32 Å². The van der Waals surface area contributed by atoms with E-state index >= 15 is 0 Å². The van der Waals surface area contributed by atoms with Gasteiger partial charge >= 0.3 is 0 Å². The van der Waals surface area contributed by atoms with Crippen LogP contribution in [0.4, 0.5) is 15.8 Å². The number of nitrogens with one attached hydrogen (secondary N) is 1. The summed E-state index contributed by atoms with van der Waals surface area (Å²) < 4.78 is 37.9. The van der Waals surface area contributed by atoms with Crippen LogP contribution in [0.1, 0.15) is 18.5 Å². The highest BCUT2D eigenvalue weighted by Gasteiger charge is 2.23. The Bertz CT molecular complexity index is 947. The maximum atomic E-state index is 13.0. The van der Waals surface area contributed by atoms with Crippen LogP contribution in [0.15, 0.2) is 48.5 Å². The van der Waals surface area contributed by atoms with Gasteiger partial charge in [-0.25, -0.2) is 12.8 Å². The van der Waals surface area contributed by atoms with Crippen LogP contribution in [-0.4, -0.2) is 32.0 Å². The van der Waals surface area contributed by atoms with Crippen molar-refractivity contribution in [1.82, 2.24) is 5.32 Å². The SMILES string of the molecule is C[C@H](NC(=O)CN(c1cccc([N+](=O)[O-])c1)S(C)(=O)=O)c1ccc(F)cc1. The molecule has 1 N–H and O–H groups in total. The molecule has 2 rings (SSSR count). The summed E-state index contributed by atoms with van der Waals surface area (Å²) in [6.45, 7) is 1.12. The van der Waals surface area contributed by atoms with Crippen LogP contribution in [-0.2, 0) is 14.8 Å². The van der Waals surface area contributed by atoms with E-state index in [-0.39, 0.29) is 11.4 Å². The number of anilines is 1. The van der Waals surface area contributed by atoms with E-state index in [1.54, 1.807) is 6.92 Å². The van der Waals surface area contributed by atoms with Crippen molar-refractivity contribution in [2.75, 3.05) is 17.1 Å². The molecule has 0 heterocycles. The Morgan fingerprint density at radius 2 is 1.89 bits per heavy atom. The summed E-state index contributed by atoms with van der Waals surface area (Å²) in [4.78, 5) is 22.6. The molecule has 8 nitrogen and oxygen atoms in total. The molecule has 0 bridgehead atoms. The average Bonchev–Trinajstić information content (AvgIpc) is 2.59. The van der Waals surface area contributed by atoms with Gasteiger partial charge in [0.05, 0.1) is 22.9 Å². The van der Waals surface area contributed by atoms with Crippen LogP contribution in [0.2, 0.25) is 0 Å². The largest absolute Gasteiger partial charge is 0.348 e. The zero-order valence-electron chi connectivity index (χ0n) is 14.6. The lowest BCUT2D eigenvalue weighted by Gasteiger charge is -2.23. The van der Waals surface area contributed by atoms with Gasteiger partial charge < -0.3 is 5.32 Å². The monoisotopic (exact) mass is 395 g/mol. The van der Waals surface area contributed by atoms with Crippen molar-refractivity contribution in [2.24, 2.45) is 0 Å². The van der Waals surface area contributed by atoms with Crippen LogP contribution >= 0.6 is 0 Å². The number of hydrogen-bond donors (Lipinski definition) is 1. The fraction of sp³-hybridized carbons (Fsp3) is 0.235. The van der Waals surface area contributed by atoms with Crippen LogP contribution in [0.25, 0.3) is 0 Å². The van der Waals surface area contributed by atoms with Crippen LogP contribution in [0, 0.1) is 15.9 Å². The van der Waals surface area contributed by atoms with E-state index in [1.807, 2.05) is 0 Å². The van der Waals surface area contributed by atoms with E-state index in [0.29, 0.717) is 5.56 Å². The van der Waals surface area contributed by atoms with Gasteiger partial charge in [-0.15, -0.1) is 0 Å². The number of carbonyl (C=O) groups is 1. The average molecular weight is 395 g/mol. The van der Waals surface area contributed by atoms with Crippen molar-refractivity contribution in [1.29, 1.82) is 0 Å². The molecule has 1 amide bonds. The molecule has 27 heavy (non-hydrogen) atoms. The Hall–Kier alpha value is -3.01. The van der Waals surface area contributed by atoms with Gasteiger partial charge in [0, 0.05) is 12.1 Å². The Morgan fingerprint density at radius 3 is 2.44 bits per heavy atom. The highest BCUT2D eigenvalue weighted by molar-refractivity contribution is 7.92. The maximum absolute atomic E-state index is 13.0. The van der Waals surface area contributed by atoms with Gasteiger partial charge in [-0.05, 0) is 30.7 Å². The lowest BCUT2D eigenvalue weighted by Crippen LogP contribution is -2.41. The molecule has 0 aliphatic heterocycles. The van der Waals surface area contributed by atoms with Crippen molar-refractivity contribution in [3.05, 3.63) is 70.0 Å². The Kier molecular flexibility index (Phi) is 6.11. The number of non-ortho nitro benzene ring substituents is 1. The predicted molar refractivity (Wildman–Crippen MR) is 98.2 cm³/mol. The number of carbonyl (C=O) groups excluding carboxylic acids is 1. The molecule has 0 saturated carbocycles. The second kappa shape index (κ2) is 8.12. The van der Waals surface area contributed by atoms with Crippen LogP contribution in [0.5, 0.6) is 0 Å². The molecule has 0 radical (unpaired) electrons. The number of nitrogens with zero attached hydrogens (tertiary/aromatic N) is 2. The molecule has 0 aromatic heterocycles. The van der Waals surface area contributed by atoms with Gasteiger partial charge in [-0.1, -0.05) is 18.2 Å². The lowest BCUT2D eigenvalue weighted by atomic mass is 10.1. The summed E-state index contributed by atoms with van der Waals surface area (Å²) in [5, 5.41) is 13.5. The minimum Gasteiger partial charge on any atom is -0.348 e. The number of amides is 1. The zero-order valence-corrected chi connectivity index (χ0v) is 15.4. The molecule has 2 aromatic carbocycles. The van der Waals surface area contributed by atoms with E-state index < -0.39 is 39.3 Å². The van der Waals surface area contributed by atoms with Crippen LogP contribution < -0.4 is 9.62 Å². The smallest absolute Gasteiger partial charge is 0.271 e.